The first-order valence-corrected chi connectivity index (χ1v) is 9.01. The molecular weight excluding hydrogens is 336 g/mol. The Balaban J connectivity index is 2.11. The van der Waals surface area contributed by atoms with Gasteiger partial charge in [0.05, 0.1) is 6.61 Å². The van der Waals surface area contributed by atoms with Crippen molar-refractivity contribution in [2.45, 2.75) is 38.3 Å². The van der Waals surface area contributed by atoms with Crippen LogP contribution >= 0.6 is 0 Å². The van der Waals surface area contributed by atoms with Gasteiger partial charge in [-0.3, -0.25) is 14.5 Å². The summed E-state index contributed by atoms with van der Waals surface area (Å²) in [6.07, 6.45) is 1.14. The second-order valence-corrected chi connectivity index (χ2v) is 7.03. The first kappa shape index (κ1) is 18.4. The lowest BCUT2D eigenvalue weighted by molar-refractivity contribution is -0.735. The zero-order valence-electron chi connectivity index (χ0n) is 15.3. The number of esters is 1. The Morgan fingerprint density at radius 2 is 1.88 bits per heavy atom. The summed E-state index contributed by atoms with van der Waals surface area (Å²) in [5, 5.41) is 11.4. The number of rotatable bonds is 5. The van der Waals surface area contributed by atoms with Crippen LogP contribution in [0.5, 0.6) is 5.75 Å². The van der Waals surface area contributed by atoms with Crippen molar-refractivity contribution in [3.8, 4) is 5.75 Å². The van der Waals surface area contributed by atoms with Crippen LogP contribution in [0.4, 0.5) is 0 Å². The summed E-state index contributed by atoms with van der Waals surface area (Å²) in [6, 6.07) is 6.19. The molecule has 0 unspecified atom stereocenters. The van der Waals surface area contributed by atoms with Gasteiger partial charge < -0.3 is 15.2 Å². The van der Waals surface area contributed by atoms with Crippen molar-refractivity contribution in [1.82, 2.24) is 4.90 Å². The maximum absolute atomic E-state index is 12.9. The monoisotopic (exact) mass is 361 g/mol. The molecule has 0 saturated carbocycles. The van der Waals surface area contributed by atoms with Crippen LogP contribution in [0.3, 0.4) is 0 Å². The summed E-state index contributed by atoms with van der Waals surface area (Å²) in [5.74, 6) is -2.25. The van der Waals surface area contributed by atoms with Crippen LogP contribution in [0.25, 0.3) is 0 Å². The minimum atomic E-state index is -1.10. The minimum Gasteiger partial charge on any atom is -0.508 e. The van der Waals surface area contributed by atoms with Gasteiger partial charge in [0.1, 0.15) is 23.6 Å². The third-order valence-electron chi connectivity index (χ3n) is 5.59. The first-order valence-electron chi connectivity index (χ1n) is 9.01. The van der Waals surface area contributed by atoms with E-state index in [4.69, 9.17) is 4.74 Å². The highest BCUT2D eigenvalue weighted by atomic mass is 16.5. The van der Waals surface area contributed by atoms with E-state index in [1.54, 1.807) is 31.2 Å². The maximum Gasteiger partial charge on any atom is 0.368 e. The molecule has 1 aromatic carbocycles. The number of benzene rings is 1. The number of fused-ring (bicyclic) bond motifs is 1. The van der Waals surface area contributed by atoms with Crippen LogP contribution in [0, 0.1) is 11.8 Å². The molecule has 3 N–H and O–H groups in total. The topological polar surface area (TPSA) is 101 Å². The third-order valence-corrected chi connectivity index (χ3v) is 5.59. The fourth-order valence-electron chi connectivity index (χ4n) is 4.48. The molecule has 1 aromatic rings. The second-order valence-electron chi connectivity index (χ2n) is 7.03. The molecule has 0 bridgehead atoms. The summed E-state index contributed by atoms with van der Waals surface area (Å²) in [7, 11) is 1.47. The van der Waals surface area contributed by atoms with E-state index in [0.29, 0.717) is 12.8 Å². The van der Waals surface area contributed by atoms with E-state index in [9.17, 15) is 19.5 Å². The zero-order chi connectivity index (χ0) is 19.1. The predicted octanol–water partition coefficient (Wildman–Crippen LogP) is 0.343. The molecular formula is C19H25N2O5+. The summed E-state index contributed by atoms with van der Waals surface area (Å²) in [5.41, 5.74) is -0.299. The SMILES string of the molecule is CCC[C@]1(C(=O)OCC)[NH2+][C@@H](c2ccc(O)cc2)[C@H]2C(=O)N(C)C(=O)[C@@H]21. The zero-order valence-corrected chi connectivity index (χ0v) is 15.3. The van der Waals surface area contributed by atoms with Crippen LogP contribution in [0.1, 0.15) is 38.3 Å². The Morgan fingerprint density at radius 1 is 1.23 bits per heavy atom. The van der Waals surface area contributed by atoms with Gasteiger partial charge in [-0.2, -0.15) is 0 Å². The van der Waals surface area contributed by atoms with Gasteiger partial charge in [-0.25, -0.2) is 4.79 Å². The summed E-state index contributed by atoms with van der Waals surface area (Å²) in [4.78, 5) is 39.7. The van der Waals surface area contributed by atoms with Crippen LogP contribution in [0.2, 0.25) is 0 Å². The molecule has 2 heterocycles. The van der Waals surface area contributed by atoms with Gasteiger partial charge in [-0.15, -0.1) is 0 Å². The van der Waals surface area contributed by atoms with Gasteiger partial charge in [0.2, 0.25) is 17.4 Å². The van der Waals surface area contributed by atoms with Crippen molar-refractivity contribution in [3.63, 3.8) is 0 Å². The number of imide groups is 1. The maximum atomic E-state index is 12.9. The van der Waals surface area contributed by atoms with E-state index in [-0.39, 0.29) is 30.2 Å². The number of hydrogen-bond acceptors (Lipinski definition) is 5. The summed E-state index contributed by atoms with van der Waals surface area (Å²) >= 11 is 0. The number of phenolic OH excluding ortho intramolecular Hbond substituents is 1. The Hall–Kier alpha value is -2.41. The number of phenols is 1. The molecule has 0 aliphatic carbocycles. The van der Waals surface area contributed by atoms with Crippen LogP contribution in [0.15, 0.2) is 24.3 Å². The van der Waals surface area contributed by atoms with Crippen LogP contribution in [-0.2, 0) is 19.1 Å². The minimum absolute atomic E-state index is 0.124. The molecule has 2 saturated heterocycles. The number of likely N-dealkylation sites (tertiary alicyclic amines) is 1. The van der Waals surface area contributed by atoms with Gasteiger partial charge in [0.15, 0.2) is 0 Å². The fourth-order valence-corrected chi connectivity index (χ4v) is 4.48. The second kappa shape index (κ2) is 6.72. The van der Waals surface area contributed by atoms with Crippen molar-refractivity contribution in [2.24, 2.45) is 11.8 Å². The molecule has 2 aliphatic heterocycles. The number of ether oxygens (including phenoxy) is 1. The highest BCUT2D eigenvalue weighted by molar-refractivity contribution is 6.08. The van der Waals surface area contributed by atoms with Gasteiger partial charge in [0, 0.05) is 19.0 Å². The number of aromatic hydroxyl groups is 1. The lowest BCUT2D eigenvalue weighted by Gasteiger charge is -2.28. The number of nitrogens with two attached hydrogens (primary N) is 1. The molecule has 2 fully saturated rings. The number of carbonyl (C=O) groups excluding carboxylic acids is 3. The van der Waals surface area contributed by atoms with E-state index < -0.39 is 23.3 Å². The molecule has 3 rings (SSSR count). The number of amides is 2. The highest BCUT2D eigenvalue weighted by Crippen LogP contribution is 2.45. The number of nitrogens with zero attached hydrogens (tertiary/aromatic N) is 1. The van der Waals surface area contributed by atoms with E-state index in [2.05, 4.69) is 0 Å². The van der Waals surface area contributed by atoms with E-state index in [0.717, 1.165) is 10.5 Å². The van der Waals surface area contributed by atoms with Crippen LogP contribution in [-0.4, -0.2) is 47.0 Å². The van der Waals surface area contributed by atoms with E-state index in [1.807, 2.05) is 12.2 Å². The Kier molecular flexibility index (Phi) is 4.75. The van der Waals surface area contributed by atoms with Crippen molar-refractivity contribution < 1.29 is 29.5 Å². The number of carbonyl (C=O) groups is 3. The molecule has 0 spiro atoms. The van der Waals surface area contributed by atoms with Crippen molar-refractivity contribution in [2.75, 3.05) is 13.7 Å². The van der Waals surface area contributed by atoms with Crippen molar-refractivity contribution in [1.29, 1.82) is 0 Å². The van der Waals surface area contributed by atoms with E-state index in [1.165, 1.54) is 7.05 Å². The summed E-state index contributed by atoms with van der Waals surface area (Å²) < 4.78 is 5.32. The normalized spacial score (nSPS) is 30.6. The number of hydrogen-bond donors (Lipinski definition) is 2. The standard InChI is InChI=1S/C19H24N2O5/c1-4-10-19(18(25)26-5-2)14-13(16(23)21(3)17(14)24)15(20-19)11-6-8-12(22)9-7-11/h6-9,13-15,20,22H,4-5,10H2,1-3H3/p+1/t13-,14+,15-,19-/m0/s1. The molecule has 140 valence electrons. The van der Waals surface area contributed by atoms with Crippen molar-refractivity contribution in [3.05, 3.63) is 29.8 Å². The predicted molar refractivity (Wildman–Crippen MR) is 91.8 cm³/mol. The Morgan fingerprint density at radius 3 is 2.46 bits per heavy atom. The average Bonchev–Trinajstić information content (AvgIpc) is 3.07. The van der Waals surface area contributed by atoms with Crippen molar-refractivity contribution >= 4 is 17.8 Å². The third kappa shape index (κ3) is 2.58. The van der Waals surface area contributed by atoms with Crippen LogP contribution < -0.4 is 5.32 Å². The Labute approximate surface area is 152 Å². The molecule has 26 heavy (non-hydrogen) atoms. The molecule has 7 heteroatoms. The lowest BCUT2D eigenvalue weighted by Crippen LogP contribution is -2.98. The molecule has 2 aliphatic rings. The Bertz CT molecular complexity index is 732. The van der Waals surface area contributed by atoms with Gasteiger partial charge >= 0.3 is 5.97 Å². The van der Waals surface area contributed by atoms with Gasteiger partial charge in [-0.05, 0) is 37.6 Å². The number of quaternary nitrogens is 1. The smallest absolute Gasteiger partial charge is 0.368 e. The molecule has 0 aromatic heterocycles. The first-order chi connectivity index (χ1) is 12.4. The quantitative estimate of drug-likeness (QED) is 0.582. The lowest BCUT2D eigenvalue weighted by atomic mass is 9.77. The molecule has 4 atom stereocenters. The molecule has 2 amide bonds. The molecule has 7 nitrogen and oxygen atoms in total. The molecule has 0 radical (unpaired) electrons. The highest BCUT2D eigenvalue weighted by Gasteiger charge is 2.71. The van der Waals surface area contributed by atoms with Gasteiger partial charge in [-0.1, -0.05) is 6.92 Å². The summed E-state index contributed by atoms with van der Waals surface area (Å²) in [6.45, 7) is 3.90. The van der Waals surface area contributed by atoms with Gasteiger partial charge in [0.25, 0.3) is 0 Å². The average molecular weight is 361 g/mol. The van der Waals surface area contributed by atoms with E-state index >= 15 is 0 Å². The fraction of sp³-hybridized carbons (Fsp3) is 0.526. The largest absolute Gasteiger partial charge is 0.508 e.